The third kappa shape index (κ3) is 6.19. The molecule has 3 aromatic rings. The van der Waals surface area contributed by atoms with E-state index < -0.39 is 0 Å². The Labute approximate surface area is 184 Å². The molecule has 0 bridgehead atoms. The van der Waals surface area contributed by atoms with Gasteiger partial charge in [-0.2, -0.15) is 0 Å². The van der Waals surface area contributed by atoms with Gasteiger partial charge in [0.1, 0.15) is 18.9 Å². The van der Waals surface area contributed by atoms with Gasteiger partial charge in [0.2, 0.25) is 0 Å². The van der Waals surface area contributed by atoms with Crippen LogP contribution < -0.4 is 10.1 Å². The number of carbonyl (C=O) groups excluding carboxylic acids is 1. The lowest BCUT2D eigenvalue weighted by atomic mass is 10.0. The van der Waals surface area contributed by atoms with Crippen LogP contribution in [0.25, 0.3) is 0 Å². The van der Waals surface area contributed by atoms with Crippen molar-refractivity contribution in [2.75, 3.05) is 13.1 Å². The number of amides is 1. The Balaban J connectivity index is 1.35. The SMILES string of the molecule is O=C([C@H](Cc1ccccc1)[NH2+]Cc1ccc(OCc2ccccc2)cc1)N1CCCC1. The monoisotopic (exact) mass is 415 g/mol. The van der Waals surface area contributed by atoms with Crippen molar-refractivity contribution in [1.82, 2.24) is 4.90 Å². The number of carbonyl (C=O) groups is 1. The molecule has 0 radical (unpaired) electrons. The first-order valence-corrected chi connectivity index (χ1v) is 11.2. The fourth-order valence-corrected chi connectivity index (χ4v) is 4.05. The van der Waals surface area contributed by atoms with Crippen LogP contribution in [0.15, 0.2) is 84.9 Å². The Morgan fingerprint density at radius 1 is 0.806 bits per heavy atom. The van der Waals surface area contributed by atoms with Crippen LogP contribution in [0, 0.1) is 0 Å². The number of rotatable bonds is 9. The highest BCUT2D eigenvalue weighted by Gasteiger charge is 2.29. The molecular weight excluding hydrogens is 384 g/mol. The lowest BCUT2D eigenvalue weighted by molar-refractivity contribution is -0.692. The second kappa shape index (κ2) is 10.8. The van der Waals surface area contributed by atoms with E-state index in [2.05, 4.69) is 41.7 Å². The molecule has 1 atom stereocenters. The second-order valence-corrected chi connectivity index (χ2v) is 8.19. The van der Waals surface area contributed by atoms with Crippen LogP contribution >= 0.6 is 0 Å². The summed E-state index contributed by atoms with van der Waals surface area (Å²) in [4.78, 5) is 15.2. The van der Waals surface area contributed by atoms with Crippen LogP contribution in [0.3, 0.4) is 0 Å². The fourth-order valence-electron chi connectivity index (χ4n) is 4.05. The van der Waals surface area contributed by atoms with E-state index in [9.17, 15) is 4.79 Å². The number of ether oxygens (including phenoxy) is 1. The highest BCUT2D eigenvalue weighted by atomic mass is 16.5. The molecule has 1 fully saturated rings. The summed E-state index contributed by atoms with van der Waals surface area (Å²) in [7, 11) is 0. The maximum absolute atomic E-state index is 13.1. The molecule has 0 saturated carbocycles. The second-order valence-electron chi connectivity index (χ2n) is 8.19. The summed E-state index contributed by atoms with van der Waals surface area (Å²) in [6.07, 6.45) is 3.00. The average Bonchev–Trinajstić information content (AvgIpc) is 3.37. The normalized spacial score (nSPS) is 14.4. The van der Waals surface area contributed by atoms with E-state index in [0.717, 1.165) is 50.2 Å². The van der Waals surface area contributed by atoms with E-state index in [1.165, 1.54) is 11.1 Å². The summed E-state index contributed by atoms with van der Waals surface area (Å²) in [6.45, 7) is 3.13. The van der Waals surface area contributed by atoms with Crippen LogP contribution in [0.5, 0.6) is 5.75 Å². The summed E-state index contributed by atoms with van der Waals surface area (Å²) in [5.41, 5.74) is 3.56. The molecule has 3 aromatic carbocycles. The van der Waals surface area contributed by atoms with Crippen LogP contribution in [-0.2, 0) is 24.4 Å². The minimum atomic E-state index is -0.0884. The Hall–Kier alpha value is -3.11. The maximum Gasteiger partial charge on any atom is 0.281 e. The van der Waals surface area contributed by atoms with Gasteiger partial charge in [0.25, 0.3) is 5.91 Å². The summed E-state index contributed by atoms with van der Waals surface area (Å²) in [5.74, 6) is 1.13. The van der Waals surface area contributed by atoms with E-state index in [0.29, 0.717) is 6.61 Å². The zero-order valence-corrected chi connectivity index (χ0v) is 18.0. The largest absolute Gasteiger partial charge is 0.489 e. The van der Waals surface area contributed by atoms with Crippen molar-refractivity contribution in [3.8, 4) is 5.75 Å². The van der Waals surface area contributed by atoms with Gasteiger partial charge in [-0.15, -0.1) is 0 Å². The first kappa shape index (κ1) is 21.1. The molecule has 2 N–H and O–H groups in total. The van der Waals surface area contributed by atoms with Gasteiger partial charge in [0.05, 0.1) is 0 Å². The number of hydrogen-bond donors (Lipinski definition) is 1. The summed E-state index contributed by atoms with van der Waals surface area (Å²) in [6, 6.07) is 28.6. The molecule has 1 amide bonds. The number of quaternary nitrogens is 1. The molecular formula is C27H31N2O2+. The van der Waals surface area contributed by atoms with Gasteiger partial charge >= 0.3 is 0 Å². The van der Waals surface area contributed by atoms with Gasteiger partial charge in [0, 0.05) is 25.1 Å². The van der Waals surface area contributed by atoms with E-state index in [-0.39, 0.29) is 11.9 Å². The van der Waals surface area contributed by atoms with Crippen LogP contribution in [0.4, 0.5) is 0 Å². The van der Waals surface area contributed by atoms with E-state index in [1.54, 1.807) is 0 Å². The lowest BCUT2D eigenvalue weighted by Gasteiger charge is -2.22. The topological polar surface area (TPSA) is 46.1 Å². The molecule has 4 nitrogen and oxygen atoms in total. The Morgan fingerprint density at radius 2 is 1.42 bits per heavy atom. The van der Waals surface area contributed by atoms with Crippen molar-refractivity contribution < 1.29 is 14.8 Å². The molecule has 0 unspecified atom stereocenters. The zero-order chi connectivity index (χ0) is 21.3. The highest BCUT2D eigenvalue weighted by Crippen LogP contribution is 2.14. The first-order valence-electron chi connectivity index (χ1n) is 11.2. The van der Waals surface area contributed by atoms with E-state index in [1.807, 2.05) is 53.4 Å². The van der Waals surface area contributed by atoms with Crippen molar-refractivity contribution in [2.45, 2.75) is 38.5 Å². The average molecular weight is 416 g/mol. The first-order chi connectivity index (χ1) is 15.3. The van der Waals surface area contributed by atoms with Gasteiger partial charge in [-0.25, -0.2) is 0 Å². The van der Waals surface area contributed by atoms with Gasteiger partial charge in [-0.3, -0.25) is 4.79 Å². The lowest BCUT2D eigenvalue weighted by Crippen LogP contribution is -2.91. The molecule has 160 valence electrons. The minimum absolute atomic E-state index is 0.0884. The van der Waals surface area contributed by atoms with Crippen molar-refractivity contribution in [3.05, 3.63) is 102 Å². The quantitative estimate of drug-likeness (QED) is 0.581. The van der Waals surface area contributed by atoms with Crippen molar-refractivity contribution in [2.24, 2.45) is 0 Å². The van der Waals surface area contributed by atoms with Crippen molar-refractivity contribution >= 4 is 5.91 Å². The summed E-state index contributed by atoms with van der Waals surface area (Å²) < 4.78 is 5.89. The molecule has 0 aliphatic carbocycles. The molecule has 1 aliphatic rings. The van der Waals surface area contributed by atoms with E-state index in [4.69, 9.17) is 4.74 Å². The number of benzene rings is 3. The standard InChI is InChI=1S/C27H30N2O2/c30-27(29-17-7-8-18-29)26(19-22-9-3-1-4-10-22)28-20-23-13-15-25(16-14-23)31-21-24-11-5-2-6-12-24/h1-6,9-16,26,28H,7-8,17-21H2/p+1/t26-/m0/s1. The fraction of sp³-hybridized carbons (Fsp3) is 0.296. The number of nitrogens with zero attached hydrogens (tertiary/aromatic N) is 1. The van der Waals surface area contributed by atoms with Crippen LogP contribution in [0.1, 0.15) is 29.5 Å². The number of nitrogens with two attached hydrogens (primary N) is 1. The number of likely N-dealkylation sites (tertiary alicyclic amines) is 1. The third-order valence-corrected chi connectivity index (χ3v) is 5.84. The molecule has 1 aliphatic heterocycles. The molecule has 31 heavy (non-hydrogen) atoms. The Morgan fingerprint density at radius 3 is 2.06 bits per heavy atom. The van der Waals surface area contributed by atoms with Crippen molar-refractivity contribution in [1.29, 1.82) is 0 Å². The van der Waals surface area contributed by atoms with Gasteiger partial charge < -0.3 is 15.0 Å². The molecule has 0 spiro atoms. The van der Waals surface area contributed by atoms with Gasteiger partial charge in [-0.05, 0) is 48.2 Å². The van der Waals surface area contributed by atoms with Gasteiger partial charge in [-0.1, -0.05) is 60.7 Å². The minimum Gasteiger partial charge on any atom is -0.489 e. The summed E-state index contributed by atoms with van der Waals surface area (Å²) in [5, 5.41) is 2.19. The van der Waals surface area contributed by atoms with E-state index >= 15 is 0 Å². The molecule has 4 rings (SSSR count). The molecule has 4 heteroatoms. The van der Waals surface area contributed by atoms with Crippen molar-refractivity contribution in [3.63, 3.8) is 0 Å². The highest BCUT2D eigenvalue weighted by molar-refractivity contribution is 5.81. The number of hydrogen-bond acceptors (Lipinski definition) is 2. The Bertz CT molecular complexity index is 936. The van der Waals surface area contributed by atoms with Crippen LogP contribution in [-0.4, -0.2) is 29.9 Å². The molecule has 0 aromatic heterocycles. The molecule has 1 saturated heterocycles. The summed E-state index contributed by atoms with van der Waals surface area (Å²) >= 11 is 0. The predicted molar refractivity (Wildman–Crippen MR) is 123 cm³/mol. The maximum atomic E-state index is 13.1. The Kier molecular flexibility index (Phi) is 7.35. The smallest absolute Gasteiger partial charge is 0.281 e. The third-order valence-electron chi connectivity index (χ3n) is 5.84. The van der Waals surface area contributed by atoms with Gasteiger partial charge in [0.15, 0.2) is 6.04 Å². The predicted octanol–water partition coefficient (Wildman–Crippen LogP) is 3.56. The van der Waals surface area contributed by atoms with Crippen LogP contribution in [0.2, 0.25) is 0 Å². The zero-order valence-electron chi connectivity index (χ0n) is 18.0. The molecule has 1 heterocycles.